The Morgan fingerprint density at radius 2 is 1.84 bits per heavy atom. The molecule has 3 rings (SSSR count). The zero-order chi connectivity index (χ0) is 13.4. The summed E-state index contributed by atoms with van der Waals surface area (Å²) in [5.41, 5.74) is 1.35. The lowest BCUT2D eigenvalue weighted by Crippen LogP contribution is -2.36. The Balaban J connectivity index is 1.98. The van der Waals surface area contributed by atoms with Crippen LogP contribution in [0, 0.1) is 0 Å². The van der Waals surface area contributed by atoms with Gasteiger partial charge in [-0.25, -0.2) is 4.79 Å². The van der Waals surface area contributed by atoms with Gasteiger partial charge in [-0.15, -0.1) is 0 Å². The Bertz CT molecular complexity index is 654. The van der Waals surface area contributed by atoms with Gasteiger partial charge >= 0.3 is 6.09 Å². The van der Waals surface area contributed by atoms with Gasteiger partial charge in [0.2, 0.25) is 0 Å². The van der Waals surface area contributed by atoms with Crippen LogP contribution in [0.5, 0.6) is 17.2 Å². The van der Waals surface area contributed by atoms with E-state index in [2.05, 4.69) is 0 Å². The minimum Gasteiger partial charge on any atom is -0.508 e. The number of carbonyl (C=O) groups excluding carboxylic acids is 1. The first-order valence-corrected chi connectivity index (χ1v) is 5.74. The van der Waals surface area contributed by atoms with Crippen molar-refractivity contribution in [1.82, 2.24) is 0 Å². The Morgan fingerprint density at radius 3 is 2.63 bits per heavy atom. The molecule has 0 aromatic heterocycles. The lowest BCUT2D eigenvalue weighted by molar-refractivity contribution is 0.202. The number of ether oxygens (including phenoxy) is 1. The van der Waals surface area contributed by atoms with Crippen molar-refractivity contribution in [3.63, 3.8) is 0 Å². The van der Waals surface area contributed by atoms with Crippen molar-refractivity contribution >= 4 is 11.8 Å². The molecule has 1 heterocycles. The van der Waals surface area contributed by atoms with Crippen LogP contribution in [-0.2, 0) is 6.54 Å². The van der Waals surface area contributed by atoms with E-state index >= 15 is 0 Å². The number of carbonyl (C=O) groups is 1. The summed E-state index contributed by atoms with van der Waals surface area (Å²) in [6.45, 7) is 0.331. The van der Waals surface area contributed by atoms with Gasteiger partial charge in [-0.2, -0.15) is 0 Å². The summed E-state index contributed by atoms with van der Waals surface area (Å²) in [7, 11) is 0. The van der Waals surface area contributed by atoms with Gasteiger partial charge in [-0.05, 0) is 24.3 Å². The highest BCUT2D eigenvalue weighted by Gasteiger charge is 2.26. The van der Waals surface area contributed by atoms with E-state index in [4.69, 9.17) is 4.74 Å². The molecule has 0 aliphatic carbocycles. The van der Waals surface area contributed by atoms with E-state index in [1.807, 2.05) is 0 Å². The largest absolute Gasteiger partial charge is 0.508 e. The summed E-state index contributed by atoms with van der Waals surface area (Å²) in [4.78, 5) is 13.3. The van der Waals surface area contributed by atoms with Crippen LogP contribution in [0.15, 0.2) is 42.5 Å². The van der Waals surface area contributed by atoms with Gasteiger partial charge in [0.25, 0.3) is 0 Å². The molecule has 1 amide bonds. The summed E-state index contributed by atoms with van der Waals surface area (Å²) >= 11 is 0. The van der Waals surface area contributed by atoms with Gasteiger partial charge in [-0.1, -0.05) is 6.07 Å². The van der Waals surface area contributed by atoms with E-state index in [0.29, 0.717) is 18.0 Å². The van der Waals surface area contributed by atoms with Crippen LogP contribution >= 0.6 is 0 Å². The summed E-state index contributed by atoms with van der Waals surface area (Å²) in [5, 5.41) is 18.8. The molecule has 5 heteroatoms. The number of hydrogen-bond donors (Lipinski definition) is 2. The fraction of sp³-hybridized carbons (Fsp3) is 0.0714. The standard InChI is InChI=1S/C14H11NO4/c16-11-3-1-2-10(6-11)15-8-9-4-5-12(17)7-13(9)19-14(15)18/h1-7,16-17H,8H2. The van der Waals surface area contributed by atoms with Gasteiger partial charge < -0.3 is 14.9 Å². The topological polar surface area (TPSA) is 70.0 Å². The zero-order valence-electron chi connectivity index (χ0n) is 9.91. The molecule has 1 aliphatic heterocycles. The van der Waals surface area contributed by atoms with Crippen molar-refractivity contribution in [1.29, 1.82) is 0 Å². The molecule has 0 spiro atoms. The molecular formula is C14H11NO4. The first-order valence-electron chi connectivity index (χ1n) is 5.74. The van der Waals surface area contributed by atoms with Crippen LogP contribution < -0.4 is 9.64 Å². The predicted octanol–water partition coefficient (Wildman–Crippen LogP) is 2.62. The molecule has 0 radical (unpaired) electrons. The molecule has 2 aromatic rings. The molecule has 0 bridgehead atoms. The average Bonchev–Trinajstić information content (AvgIpc) is 2.37. The molecule has 0 atom stereocenters. The lowest BCUT2D eigenvalue weighted by atomic mass is 10.1. The van der Waals surface area contributed by atoms with Gasteiger partial charge in [-0.3, -0.25) is 4.90 Å². The first kappa shape index (κ1) is 11.4. The fourth-order valence-electron chi connectivity index (χ4n) is 2.01. The molecule has 2 N–H and O–H groups in total. The number of phenolic OH excluding ortho intramolecular Hbond substituents is 2. The van der Waals surface area contributed by atoms with Crippen LogP contribution in [0.4, 0.5) is 10.5 Å². The van der Waals surface area contributed by atoms with Gasteiger partial charge in [0.1, 0.15) is 17.2 Å². The smallest absolute Gasteiger partial charge is 0.420 e. The molecule has 0 fully saturated rings. The van der Waals surface area contributed by atoms with Crippen molar-refractivity contribution in [2.45, 2.75) is 6.54 Å². The van der Waals surface area contributed by atoms with Crippen molar-refractivity contribution in [3.8, 4) is 17.2 Å². The third kappa shape index (κ3) is 2.06. The number of fused-ring (bicyclic) bond motifs is 1. The van der Waals surface area contributed by atoms with Gasteiger partial charge in [0.05, 0.1) is 12.2 Å². The molecule has 5 nitrogen and oxygen atoms in total. The van der Waals surface area contributed by atoms with E-state index in [-0.39, 0.29) is 11.5 Å². The molecule has 2 aromatic carbocycles. The number of nitrogens with zero attached hydrogens (tertiary/aromatic N) is 1. The second-order valence-electron chi connectivity index (χ2n) is 4.27. The van der Waals surface area contributed by atoms with E-state index in [9.17, 15) is 15.0 Å². The van der Waals surface area contributed by atoms with Gasteiger partial charge in [0.15, 0.2) is 0 Å². The minimum atomic E-state index is -0.538. The highest BCUT2D eigenvalue weighted by atomic mass is 16.6. The number of rotatable bonds is 1. The predicted molar refractivity (Wildman–Crippen MR) is 68.4 cm³/mol. The number of amides is 1. The molecule has 96 valence electrons. The molecule has 0 saturated heterocycles. The number of phenols is 2. The normalized spacial score (nSPS) is 13.9. The molecule has 19 heavy (non-hydrogen) atoms. The Hall–Kier alpha value is -2.69. The van der Waals surface area contributed by atoms with Crippen LogP contribution in [-0.4, -0.2) is 16.3 Å². The third-order valence-electron chi connectivity index (χ3n) is 2.94. The van der Waals surface area contributed by atoms with E-state index in [1.165, 1.54) is 23.1 Å². The highest BCUT2D eigenvalue weighted by Crippen LogP contribution is 2.32. The molecular weight excluding hydrogens is 246 g/mol. The summed E-state index contributed by atoms with van der Waals surface area (Å²) < 4.78 is 5.16. The summed E-state index contributed by atoms with van der Waals surface area (Å²) in [6.07, 6.45) is -0.538. The minimum absolute atomic E-state index is 0.0531. The SMILES string of the molecule is O=C1Oc2cc(O)ccc2CN1c1cccc(O)c1. The Kier molecular flexibility index (Phi) is 2.52. The van der Waals surface area contributed by atoms with Crippen molar-refractivity contribution in [2.75, 3.05) is 4.90 Å². The second-order valence-corrected chi connectivity index (χ2v) is 4.27. The third-order valence-corrected chi connectivity index (χ3v) is 2.94. The maximum Gasteiger partial charge on any atom is 0.420 e. The maximum atomic E-state index is 11.9. The average molecular weight is 257 g/mol. The molecule has 0 saturated carbocycles. The van der Waals surface area contributed by atoms with Crippen LogP contribution in [0.25, 0.3) is 0 Å². The van der Waals surface area contributed by atoms with Gasteiger partial charge in [0, 0.05) is 17.7 Å². The van der Waals surface area contributed by atoms with E-state index < -0.39 is 6.09 Å². The second kappa shape index (κ2) is 4.20. The summed E-state index contributed by atoms with van der Waals surface area (Å²) in [5.74, 6) is 0.501. The highest BCUT2D eigenvalue weighted by molar-refractivity contribution is 5.91. The monoisotopic (exact) mass is 257 g/mol. The van der Waals surface area contributed by atoms with Crippen LogP contribution in [0.2, 0.25) is 0 Å². The molecule has 1 aliphatic rings. The van der Waals surface area contributed by atoms with Crippen LogP contribution in [0.1, 0.15) is 5.56 Å². The first-order chi connectivity index (χ1) is 9.13. The van der Waals surface area contributed by atoms with Crippen molar-refractivity contribution in [2.24, 2.45) is 0 Å². The maximum absolute atomic E-state index is 11.9. The number of hydrogen-bond acceptors (Lipinski definition) is 4. The van der Waals surface area contributed by atoms with Crippen LogP contribution in [0.3, 0.4) is 0 Å². The quantitative estimate of drug-likeness (QED) is 0.823. The fourth-order valence-corrected chi connectivity index (χ4v) is 2.01. The lowest BCUT2D eigenvalue weighted by Gasteiger charge is -2.28. The molecule has 0 unspecified atom stereocenters. The summed E-state index contributed by atoms with van der Waals surface area (Å²) in [6, 6.07) is 11.0. The number of benzene rings is 2. The van der Waals surface area contributed by atoms with Crippen molar-refractivity contribution < 1.29 is 19.7 Å². The van der Waals surface area contributed by atoms with E-state index in [0.717, 1.165) is 5.56 Å². The van der Waals surface area contributed by atoms with E-state index in [1.54, 1.807) is 24.3 Å². The Morgan fingerprint density at radius 1 is 1.05 bits per heavy atom. The zero-order valence-corrected chi connectivity index (χ0v) is 9.91. The number of anilines is 1. The number of aromatic hydroxyl groups is 2. The van der Waals surface area contributed by atoms with Crippen molar-refractivity contribution in [3.05, 3.63) is 48.0 Å². The Labute approximate surface area is 109 Å².